The Labute approximate surface area is 141 Å². The Bertz CT molecular complexity index is 845. The van der Waals surface area contributed by atoms with Crippen LogP contribution in [0.4, 0.5) is 4.39 Å². The summed E-state index contributed by atoms with van der Waals surface area (Å²) in [5.74, 6) is 1.64. The highest BCUT2D eigenvalue weighted by atomic mass is 32.2. The van der Waals surface area contributed by atoms with Crippen molar-refractivity contribution < 1.29 is 17.8 Å². The Balaban J connectivity index is 1.67. The smallest absolute Gasteiger partial charge is 0.207 e. The maximum absolute atomic E-state index is 13.6. The Hall–Kier alpha value is -2.47. The number of oxazole rings is 1. The van der Waals surface area contributed by atoms with Crippen molar-refractivity contribution in [3.05, 3.63) is 72.0 Å². The molecule has 124 valence electrons. The van der Waals surface area contributed by atoms with Crippen LogP contribution in [0.25, 0.3) is 11.3 Å². The molecule has 0 saturated heterocycles. The molecule has 1 heterocycles. The summed E-state index contributed by atoms with van der Waals surface area (Å²) in [6.07, 6.45) is 1.59. The van der Waals surface area contributed by atoms with Crippen molar-refractivity contribution in [3.63, 3.8) is 0 Å². The number of rotatable bonds is 6. The van der Waals surface area contributed by atoms with E-state index >= 15 is 0 Å². The van der Waals surface area contributed by atoms with Crippen molar-refractivity contribution in [2.75, 3.05) is 7.11 Å². The van der Waals surface area contributed by atoms with Crippen molar-refractivity contribution in [2.45, 2.75) is 11.5 Å². The first-order chi connectivity index (χ1) is 11.7. The predicted molar refractivity (Wildman–Crippen MR) is 90.4 cm³/mol. The Morgan fingerprint density at radius 2 is 1.88 bits per heavy atom. The summed E-state index contributed by atoms with van der Waals surface area (Å²) < 4.78 is 36.5. The van der Waals surface area contributed by atoms with Crippen molar-refractivity contribution >= 4 is 10.8 Å². The van der Waals surface area contributed by atoms with Gasteiger partial charge in [0.05, 0.1) is 19.1 Å². The molecular formula is C18H16FNO3S. The predicted octanol–water partition coefficient (Wildman–Crippen LogP) is 3.94. The van der Waals surface area contributed by atoms with Crippen LogP contribution in [0.2, 0.25) is 0 Å². The van der Waals surface area contributed by atoms with Crippen LogP contribution in [0.15, 0.2) is 59.1 Å². The van der Waals surface area contributed by atoms with E-state index < -0.39 is 10.8 Å². The minimum Gasteiger partial charge on any atom is -0.497 e. The highest BCUT2D eigenvalue weighted by Crippen LogP contribution is 2.23. The second kappa shape index (κ2) is 7.40. The zero-order valence-electron chi connectivity index (χ0n) is 13.1. The zero-order valence-corrected chi connectivity index (χ0v) is 13.9. The summed E-state index contributed by atoms with van der Waals surface area (Å²) in [5, 5.41) is 0. The minimum atomic E-state index is -1.30. The summed E-state index contributed by atoms with van der Waals surface area (Å²) in [7, 11) is 0.307. The van der Waals surface area contributed by atoms with Crippen molar-refractivity contribution in [1.29, 1.82) is 0 Å². The van der Waals surface area contributed by atoms with Crippen LogP contribution < -0.4 is 4.74 Å². The average molecular weight is 345 g/mol. The normalized spacial score (nSPS) is 12.1. The van der Waals surface area contributed by atoms with E-state index in [1.54, 1.807) is 31.5 Å². The Morgan fingerprint density at radius 3 is 2.58 bits per heavy atom. The molecule has 0 spiro atoms. The van der Waals surface area contributed by atoms with E-state index in [9.17, 15) is 8.60 Å². The second-order valence-electron chi connectivity index (χ2n) is 5.17. The van der Waals surface area contributed by atoms with Gasteiger partial charge in [0.1, 0.15) is 17.3 Å². The first-order valence-corrected chi connectivity index (χ1v) is 8.82. The third kappa shape index (κ3) is 3.89. The molecule has 0 aliphatic heterocycles. The summed E-state index contributed by atoms with van der Waals surface area (Å²) >= 11 is 0. The largest absolute Gasteiger partial charge is 0.497 e. The fourth-order valence-corrected chi connectivity index (χ4v) is 3.34. The molecule has 0 N–H and O–H groups in total. The van der Waals surface area contributed by atoms with Gasteiger partial charge in [-0.15, -0.1) is 0 Å². The number of halogens is 1. The quantitative estimate of drug-likeness (QED) is 0.679. The Morgan fingerprint density at radius 1 is 1.12 bits per heavy atom. The van der Waals surface area contributed by atoms with Crippen LogP contribution in [-0.2, 0) is 22.3 Å². The van der Waals surface area contributed by atoms with E-state index in [4.69, 9.17) is 9.15 Å². The van der Waals surface area contributed by atoms with Gasteiger partial charge in [0.25, 0.3) is 0 Å². The SMILES string of the molecule is COc1ccc(-c2cnc(CS(=O)Cc3ccccc3F)o2)cc1. The molecule has 0 amide bonds. The van der Waals surface area contributed by atoms with Crippen LogP contribution in [-0.4, -0.2) is 16.3 Å². The zero-order chi connectivity index (χ0) is 16.9. The lowest BCUT2D eigenvalue weighted by atomic mass is 10.2. The molecule has 0 aliphatic carbocycles. The maximum Gasteiger partial charge on any atom is 0.207 e. The molecule has 24 heavy (non-hydrogen) atoms. The van der Waals surface area contributed by atoms with Gasteiger partial charge in [-0.2, -0.15) is 0 Å². The fraction of sp³-hybridized carbons (Fsp3) is 0.167. The molecule has 0 radical (unpaired) electrons. The monoisotopic (exact) mass is 345 g/mol. The standard InChI is InChI=1S/C18H16FNO3S/c1-22-15-8-6-13(7-9-15)17-10-20-18(23-17)12-24(21)11-14-4-2-3-5-16(14)19/h2-10H,11-12H2,1H3. The van der Waals surface area contributed by atoms with Gasteiger partial charge in [-0.05, 0) is 30.3 Å². The molecule has 3 rings (SSSR count). The van der Waals surface area contributed by atoms with Crippen LogP contribution in [0, 0.1) is 5.82 Å². The van der Waals surface area contributed by atoms with Gasteiger partial charge in [0.15, 0.2) is 5.76 Å². The third-order valence-corrected chi connectivity index (χ3v) is 4.69. The van der Waals surface area contributed by atoms with Gasteiger partial charge < -0.3 is 9.15 Å². The number of methoxy groups -OCH3 is 1. The van der Waals surface area contributed by atoms with E-state index in [1.807, 2.05) is 24.3 Å². The van der Waals surface area contributed by atoms with E-state index in [0.29, 0.717) is 17.2 Å². The average Bonchev–Trinajstić information content (AvgIpc) is 3.05. The Kier molecular flexibility index (Phi) is 5.05. The van der Waals surface area contributed by atoms with Gasteiger partial charge in [-0.1, -0.05) is 18.2 Å². The molecule has 3 aromatic rings. The van der Waals surface area contributed by atoms with Gasteiger partial charge in [0.2, 0.25) is 5.89 Å². The lowest BCUT2D eigenvalue weighted by Gasteiger charge is -2.02. The van der Waals surface area contributed by atoms with Crippen LogP contribution >= 0.6 is 0 Å². The maximum atomic E-state index is 13.6. The molecule has 0 fully saturated rings. The van der Waals surface area contributed by atoms with Crippen molar-refractivity contribution in [2.24, 2.45) is 0 Å². The van der Waals surface area contributed by atoms with E-state index in [0.717, 1.165) is 11.3 Å². The van der Waals surface area contributed by atoms with Gasteiger partial charge in [-0.3, -0.25) is 4.21 Å². The van der Waals surface area contributed by atoms with E-state index in [-0.39, 0.29) is 17.3 Å². The highest BCUT2D eigenvalue weighted by molar-refractivity contribution is 7.83. The van der Waals surface area contributed by atoms with E-state index in [2.05, 4.69) is 4.98 Å². The number of aromatic nitrogens is 1. The summed E-state index contributed by atoms with van der Waals surface area (Å²) in [4.78, 5) is 4.15. The summed E-state index contributed by atoms with van der Waals surface area (Å²) in [5.41, 5.74) is 1.28. The van der Waals surface area contributed by atoms with Crippen molar-refractivity contribution in [1.82, 2.24) is 4.98 Å². The number of hydrogen-bond acceptors (Lipinski definition) is 4. The van der Waals surface area contributed by atoms with Crippen molar-refractivity contribution in [3.8, 4) is 17.1 Å². The lowest BCUT2D eigenvalue weighted by Crippen LogP contribution is -2.01. The summed E-state index contributed by atoms with van der Waals surface area (Å²) in [6.45, 7) is 0. The molecule has 1 atom stereocenters. The molecular weight excluding hydrogens is 329 g/mol. The molecule has 4 nitrogen and oxygen atoms in total. The minimum absolute atomic E-state index is 0.132. The van der Waals surface area contributed by atoms with Crippen LogP contribution in [0.5, 0.6) is 5.75 Å². The van der Waals surface area contributed by atoms with Gasteiger partial charge in [0, 0.05) is 21.9 Å². The topological polar surface area (TPSA) is 52.3 Å². The molecule has 0 aliphatic rings. The van der Waals surface area contributed by atoms with Gasteiger partial charge >= 0.3 is 0 Å². The lowest BCUT2D eigenvalue weighted by molar-refractivity contribution is 0.415. The van der Waals surface area contributed by atoms with E-state index in [1.165, 1.54) is 6.07 Å². The molecule has 0 bridgehead atoms. The molecule has 1 aromatic heterocycles. The number of benzene rings is 2. The number of nitrogens with zero attached hydrogens (tertiary/aromatic N) is 1. The molecule has 0 saturated carbocycles. The summed E-state index contributed by atoms with van der Waals surface area (Å²) in [6, 6.07) is 13.7. The molecule has 1 unspecified atom stereocenters. The van der Waals surface area contributed by atoms with Crippen LogP contribution in [0.3, 0.4) is 0 Å². The first-order valence-electron chi connectivity index (χ1n) is 7.33. The number of ether oxygens (including phenoxy) is 1. The number of hydrogen-bond donors (Lipinski definition) is 0. The molecule has 6 heteroatoms. The van der Waals surface area contributed by atoms with Gasteiger partial charge in [-0.25, -0.2) is 9.37 Å². The van der Waals surface area contributed by atoms with Crippen LogP contribution in [0.1, 0.15) is 11.5 Å². The first kappa shape index (κ1) is 16.4. The molecule has 2 aromatic carbocycles. The highest BCUT2D eigenvalue weighted by Gasteiger charge is 2.12. The third-order valence-electron chi connectivity index (χ3n) is 3.49. The fourth-order valence-electron chi connectivity index (χ4n) is 2.24. The second-order valence-corrected chi connectivity index (χ2v) is 6.62.